The van der Waals surface area contributed by atoms with E-state index < -0.39 is 5.54 Å². The summed E-state index contributed by atoms with van der Waals surface area (Å²) in [6.45, 7) is 8.99. The molecule has 1 saturated heterocycles. The number of para-hydroxylation sites is 1. The van der Waals surface area contributed by atoms with Crippen molar-refractivity contribution in [2.75, 3.05) is 18.0 Å². The topological polar surface area (TPSA) is 72.9 Å². The molecule has 6 heteroatoms. The van der Waals surface area contributed by atoms with Crippen LogP contribution >= 0.6 is 0 Å². The maximum Gasteiger partial charge on any atom is 0.132 e. The maximum absolute atomic E-state index is 6.13. The summed E-state index contributed by atoms with van der Waals surface area (Å²) >= 11 is 0. The van der Waals surface area contributed by atoms with Gasteiger partial charge in [-0.25, -0.2) is 4.98 Å². The average Bonchev–Trinajstić information content (AvgIpc) is 3.10. The normalized spacial score (nSPS) is 18.2. The van der Waals surface area contributed by atoms with Gasteiger partial charge in [0.2, 0.25) is 0 Å². The highest BCUT2D eigenvalue weighted by molar-refractivity contribution is 5.81. The first-order valence-corrected chi connectivity index (χ1v) is 9.71. The molecule has 6 nitrogen and oxygen atoms in total. The largest absolute Gasteiger partial charge is 0.356 e. The second-order valence-electron chi connectivity index (χ2n) is 8.32. The Labute approximate surface area is 160 Å². The lowest BCUT2D eigenvalue weighted by Gasteiger charge is -2.34. The molecule has 0 unspecified atom stereocenters. The van der Waals surface area contributed by atoms with E-state index in [1.807, 2.05) is 24.7 Å². The molecule has 27 heavy (non-hydrogen) atoms. The molecule has 142 valence electrons. The predicted molar refractivity (Wildman–Crippen MR) is 109 cm³/mol. The van der Waals surface area contributed by atoms with Crippen LogP contribution in [0.3, 0.4) is 0 Å². The Kier molecular flexibility index (Phi) is 4.60. The van der Waals surface area contributed by atoms with Crippen molar-refractivity contribution in [3.8, 4) is 0 Å². The number of benzene rings is 1. The van der Waals surface area contributed by atoms with Gasteiger partial charge in [0.05, 0.1) is 17.3 Å². The van der Waals surface area contributed by atoms with Gasteiger partial charge in [0, 0.05) is 25.0 Å². The number of nitrogens with zero attached hydrogens (tertiary/aromatic N) is 5. The Balaban J connectivity index is 1.51. The third kappa shape index (κ3) is 3.81. The third-order valence-electron chi connectivity index (χ3n) is 5.35. The number of hydrogen-bond acceptors (Lipinski definition) is 5. The minimum Gasteiger partial charge on any atom is -0.356 e. The number of aromatic nitrogens is 4. The molecule has 0 amide bonds. The molecule has 1 fully saturated rings. The Bertz CT molecular complexity index is 939. The molecule has 0 radical (unpaired) electrons. The molecule has 0 saturated carbocycles. The van der Waals surface area contributed by atoms with Crippen LogP contribution in [0.2, 0.25) is 0 Å². The standard InChI is InChI=1S/C21H28N6/c1-15-11-17-8-4-5-9-18(17)23-20(15)26-10-6-7-16(12-26)13-27-14-19(24-25-27)21(2,3)22/h4-5,8-9,11,14,16H,6-7,10,12-13,22H2,1-3H3/t16-/m0/s1. The van der Waals surface area contributed by atoms with Crippen molar-refractivity contribution < 1.29 is 0 Å². The zero-order chi connectivity index (χ0) is 19.0. The van der Waals surface area contributed by atoms with E-state index in [0.29, 0.717) is 5.92 Å². The minimum atomic E-state index is -0.455. The molecule has 1 aliphatic rings. The van der Waals surface area contributed by atoms with Gasteiger partial charge in [0.25, 0.3) is 0 Å². The van der Waals surface area contributed by atoms with E-state index in [0.717, 1.165) is 36.7 Å². The van der Waals surface area contributed by atoms with Crippen LogP contribution < -0.4 is 10.6 Å². The van der Waals surface area contributed by atoms with E-state index in [9.17, 15) is 0 Å². The van der Waals surface area contributed by atoms with Crippen LogP contribution in [0.25, 0.3) is 10.9 Å². The number of hydrogen-bond donors (Lipinski definition) is 1. The molecule has 0 aliphatic carbocycles. The molecule has 0 bridgehead atoms. The first-order valence-electron chi connectivity index (χ1n) is 9.71. The molecule has 2 aromatic heterocycles. The summed E-state index contributed by atoms with van der Waals surface area (Å²) < 4.78 is 1.94. The number of nitrogens with two attached hydrogens (primary N) is 1. The molecule has 3 heterocycles. The molecule has 1 atom stereocenters. The number of piperidine rings is 1. The van der Waals surface area contributed by atoms with Crippen molar-refractivity contribution >= 4 is 16.7 Å². The monoisotopic (exact) mass is 364 g/mol. The Morgan fingerprint density at radius 1 is 1.26 bits per heavy atom. The van der Waals surface area contributed by atoms with E-state index in [1.54, 1.807) is 0 Å². The second-order valence-corrected chi connectivity index (χ2v) is 8.32. The summed E-state index contributed by atoms with van der Waals surface area (Å²) in [5.41, 5.74) is 8.81. The summed E-state index contributed by atoms with van der Waals surface area (Å²) in [5.74, 6) is 1.64. The molecular formula is C21H28N6. The summed E-state index contributed by atoms with van der Waals surface area (Å²) in [6, 6.07) is 10.6. The molecular weight excluding hydrogens is 336 g/mol. The number of fused-ring (bicyclic) bond motifs is 1. The van der Waals surface area contributed by atoms with Gasteiger partial charge in [-0.05, 0) is 57.2 Å². The third-order valence-corrected chi connectivity index (χ3v) is 5.35. The number of rotatable bonds is 4. The highest BCUT2D eigenvalue weighted by Crippen LogP contribution is 2.28. The maximum atomic E-state index is 6.13. The quantitative estimate of drug-likeness (QED) is 0.769. The van der Waals surface area contributed by atoms with E-state index in [-0.39, 0.29) is 0 Å². The molecule has 1 aliphatic heterocycles. The van der Waals surface area contributed by atoms with Gasteiger partial charge in [-0.15, -0.1) is 5.10 Å². The SMILES string of the molecule is Cc1cc2ccccc2nc1N1CCC[C@H](Cn2cc(C(C)(C)N)nn2)C1. The van der Waals surface area contributed by atoms with Gasteiger partial charge in [-0.1, -0.05) is 23.4 Å². The molecule has 2 N–H and O–H groups in total. The Morgan fingerprint density at radius 2 is 2.07 bits per heavy atom. The lowest BCUT2D eigenvalue weighted by Crippen LogP contribution is -2.38. The van der Waals surface area contributed by atoms with Crippen molar-refractivity contribution in [3.63, 3.8) is 0 Å². The number of pyridine rings is 1. The van der Waals surface area contributed by atoms with Crippen molar-refractivity contribution in [2.24, 2.45) is 11.7 Å². The van der Waals surface area contributed by atoms with Crippen LogP contribution in [0.15, 0.2) is 36.5 Å². The number of anilines is 1. The first-order chi connectivity index (χ1) is 12.9. The summed E-state index contributed by atoms with van der Waals surface area (Å²) in [7, 11) is 0. The molecule has 0 spiro atoms. The molecule has 1 aromatic carbocycles. The van der Waals surface area contributed by atoms with Gasteiger partial charge in [-0.3, -0.25) is 4.68 Å². The van der Waals surface area contributed by atoms with Gasteiger partial charge in [0.15, 0.2) is 0 Å². The van der Waals surface area contributed by atoms with Gasteiger partial charge in [-0.2, -0.15) is 0 Å². The van der Waals surface area contributed by atoms with Crippen LogP contribution in [0, 0.1) is 12.8 Å². The van der Waals surface area contributed by atoms with Crippen LogP contribution in [-0.4, -0.2) is 33.1 Å². The second kappa shape index (κ2) is 6.93. The molecule has 3 aromatic rings. The van der Waals surface area contributed by atoms with Gasteiger partial charge in [0.1, 0.15) is 11.5 Å². The van der Waals surface area contributed by atoms with E-state index in [1.165, 1.54) is 23.8 Å². The fourth-order valence-electron chi connectivity index (χ4n) is 3.89. The molecule has 4 rings (SSSR count). The fourth-order valence-corrected chi connectivity index (χ4v) is 3.89. The van der Waals surface area contributed by atoms with E-state index in [4.69, 9.17) is 10.7 Å². The summed E-state index contributed by atoms with van der Waals surface area (Å²) in [4.78, 5) is 7.38. The number of aryl methyl sites for hydroxylation is 1. The van der Waals surface area contributed by atoms with Gasteiger partial charge >= 0.3 is 0 Å². The van der Waals surface area contributed by atoms with Crippen molar-refractivity contribution in [3.05, 3.63) is 47.8 Å². The van der Waals surface area contributed by atoms with Crippen molar-refractivity contribution in [1.82, 2.24) is 20.0 Å². The lowest BCUT2D eigenvalue weighted by molar-refractivity contribution is 0.347. The van der Waals surface area contributed by atoms with Crippen LogP contribution in [0.4, 0.5) is 5.82 Å². The Morgan fingerprint density at radius 3 is 2.85 bits per heavy atom. The fraction of sp³-hybridized carbons (Fsp3) is 0.476. The summed E-state index contributed by atoms with van der Waals surface area (Å²) in [5, 5.41) is 9.73. The van der Waals surface area contributed by atoms with Crippen molar-refractivity contribution in [2.45, 2.75) is 45.7 Å². The lowest BCUT2D eigenvalue weighted by atomic mass is 9.97. The smallest absolute Gasteiger partial charge is 0.132 e. The first kappa shape index (κ1) is 17.9. The van der Waals surface area contributed by atoms with E-state index >= 15 is 0 Å². The Hall–Kier alpha value is -2.47. The highest BCUT2D eigenvalue weighted by atomic mass is 15.4. The minimum absolute atomic E-state index is 0.455. The van der Waals surface area contributed by atoms with Gasteiger partial charge < -0.3 is 10.6 Å². The summed E-state index contributed by atoms with van der Waals surface area (Å²) in [6.07, 6.45) is 4.35. The van der Waals surface area contributed by atoms with Crippen LogP contribution in [-0.2, 0) is 12.1 Å². The highest BCUT2D eigenvalue weighted by Gasteiger charge is 2.24. The predicted octanol–water partition coefficient (Wildman–Crippen LogP) is 3.25. The average molecular weight is 364 g/mol. The zero-order valence-corrected chi connectivity index (χ0v) is 16.4. The van der Waals surface area contributed by atoms with E-state index in [2.05, 4.69) is 52.5 Å². The van der Waals surface area contributed by atoms with Crippen molar-refractivity contribution in [1.29, 1.82) is 0 Å². The van der Waals surface area contributed by atoms with Crippen LogP contribution in [0.1, 0.15) is 37.9 Å². The zero-order valence-electron chi connectivity index (χ0n) is 16.4. The van der Waals surface area contributed by atoms with Crippen LogP contribution in [0.5, 0.6) is 0 Å².